The van der Waals surface area contributed by atoms with Crippen molar-refractivity contribution in [2.45, 2.75) is 4.21 Å². The number of sulfonamides is 1. The van der Waals surface area contributed by atoms with E-state index >= 15 is 0 Å². The number of hydrogen-bond donors (Lipinski definition) is 2. The Bertz CT molecular complexity index is 721. The molecule has 0 atom stereocenters. The number of nitrogens with one attached hydrogen (secondary N) is 2. The molecule has 0 saturated heterocycles. The lowest BCUT2D eigenvalue weighted by Gasteiger charge is -2.17. The number of rotatable bonds is 7. The Morgan fingerprint density at radius 1 is 1.41 bits per heavy atom. The summed E-state index contributed by atoms with van der Waals surface area (Å²) in [5.41, 5.74) is 0.577. The van der Waals surface area contributed by atoms with Crippen molar-refractivity contribution in [3.63, 3.8) is 0 Å². The van der Waals surface area contributed by atoms with E-state index in [-0.39, 0.29) is 0 Å². The summed E-state index contributed by atoms with van der Waals surface area (Å²) < 4.78 is 26.2. The molecule has 0 aliphatic heterocycles. The molecular weight excluding hydrogens is 346 g/mol. The molecule has 0 fully saturated rings. The topological polar surface area (TPSA) is 87.2 Å². The van der Waals surface area contributed by atoms with Gasteiger partial charge in [-0.3, -0.25) is 0 Å². The largest absolute Gasteiger partial charge is 0.383 e. The lowest BCUT2D eigenvalue weighted by molar-refractivity contribution is 0.482. The van der Waals surface area contributed by atoms with E-state index in [0.717, 1.165) is 0 Å². The molecule has 2 heterocycles. The van der Waals surface area contributed by atoms with Crippen molar-refractivity contribution in [3.05, 3.63) is 29.0 Å². The van der Waals surface area contributed by atoms with Gasteiger partial charge in [0.15, 0.2) is 11.0 Å². The van der Waals surface area contributed by atoms with Gasteiger partial charge in [-0.05, 0) is 11.4 Å². The molecule has 0 bridgehead atoms. The number of thiophene rings is 1. The first-order valence-corrected chi connectivity index (χ1v) is 9.08. The minimum Gasteiger partial charge on any atom is -0.383 e. The minimum absolute atomic E-state index is 0.297. The third-order valence-corrected chi connectivity index (χ3v) is 6.45. The lowest BCUT2D eigenvalue weighted by Crippen LogP contribution is -2.31. The number of hydrogen-bond acceptors (Lipinski definition) is 7. The van der Waals surface area contributed by atoms with Crippen LogP contribution in [-0.2, 0) is 10.0 Å². The van der Waals surface area contributed by atoms with E-state index in [2.05, 4.69) is 20.6 Å². The van der Waals surface area contributed by atoms with Crippen LogP contribution in [0.5, 0.6) is 0 Å². The van der Waals surface area contributed by atoms with Crippen LogP contribution in [0.25, 0.3) is 0 Å². The summed E-state index contributed by atoms with van der Waals surface area (Å²) >= 11 is 7.15. The minimum atomic E-state index is -3.44. The molecule has 120 valence electrons. The zero-order chi connectivity index (χ0) is 16.2. The van der Waals surface area contributed by atoms with Crippen molar-refractivity contribution in [1.29, 1.82) is 0 Å². The van der Waals surface area contributed by atoms with Gasteiger partial charge < -0.3 is 10.6 Å². The quantitative estimate of drug-likeness (QED) is 0.733. The Morgan fingerprint density at radius 2 is 2.18 bits per heavy atom. The summed E-state index contributed by atoms with van der Waals surface area (Å²) in [6.45, 7) is 0.689. The highest BCUT2D eigenvalue weighted by Gasteiger charge is 2.21. The predicted molar refractivity (Wildman–Crippen MR) is 89.2 cm³/mol. The number of likely N-dealkylation sites (N-methyl/N-ethyl adjacent to an activating group) is 1. The third-order valence-electron chi connectivity index (χ3n) is 2.93. The Labute approximate surface area is 138 Å². The summed E-state index contributed by atoms with van der Waals surface area (Å²) in [6, 6.07) is 3.30. The maximum absolute atomic E-state index is 12.3. The summed E-state index contributed by atoms with van der Waals surface area (Å²) in [7, 11) is -0.181. The summed E-state index contributed by atoms with van der Waals surface area (Å²) in [5, 5.41) is 8.00. The SMILES string of the molecule is CNc1c(Cl)ncnc1NCCN(C)S(=O)(=O)c1cccs1. The van der Waals surface area contributed by atoms with E-state index in [1.165, 1.54) is 22.0 Å². The highest BCUT2D eigenvalue weighted by Crippen LogP contribution is 2.25. The molecule has 22 heavy (non-hydrogen) atoms. The maximum atomic E-state index is 12.3. The van der Waals surface area contributed by atoms with Gasteiger partial charge in [-0.2, -0.15) is 4.31 Å². The summed E-state index contributed by atoms with van der Waals surface area (Å²) in [5.74, 6) is 0.532. The first-order valence-electron chi connectivity index (χ1n) is 6.38. The van der Waals surface area contributed by atoms with Gasteiger partial charge in [0, 0.05) is 27.2 Å². The van der Waals surface area contributed by atoms with Crippen molar-refractivity contribution in [2.75, 3.05) is 37.8 Å². The van der Waals surface area contributed by atoms with Crippen LogP contribution in [0.3, 0.4) is 0 Å². The molecule has 10 heteroatoms. The van der Waals surface area contributed by atoms with Gasteiger partial charge in [-0.25, -0.2) is 18.4 Å². The standard InChI is InChI=1S/C12H16ClN5O2S2/c1-14-10-11(13)16-8-17-12(10)15-5-6-18(2)22(19,20)9-4-3-7-21-9/h3-4,7-8,14H,5-6H2,1-2H3,(H,15,16,17). The van der Waals surface area contributed by atoms with Crippen LogP contribution in [0.4, 0.5) is 11.5 Å². The molecule has 0 aromatic carbocycles. The molecule has 0 saturated carbocycles. The summed E-state index contributed by atoms with van der Waals surface area (Å²) in [4.78, 5) is 7.96. The van der Waals surface area contributed by atoms with E-state index < -0.39 is 10.0 Å². The fourth-order valence-corrected chi connectivity index (χ4v) is 4.34. The molecule has 0 radical (unpaired) electrons. The second kappa shape index (κ2) is 7.23. The Kier molecular flexibility index (Phi) is 5.57. The van der Waals surface area contributed by atoms with Crippen LogP contribution in [0.1, 0.15) is 0 Å². The maximum Gasteiger partial charge on any atom is 0.252 e. The van der Waals surface area contributed by atoms with Gasteiger partial charge in [0.05, 0.1) is 0 Å². The first kappa shape index (κ1) is 16.9. The normalized spacial score (nSPS) is 11.6. The fourth-order valence-electron chi connectivity index (χ4n) is 1.74. The monoisotopic (exact) mass is 361 g/mol. The van der Waals surface area contributed by atoms with Gasteiger partial charge in [0.2, 0.25) is 0 Å². The van der Waals surface area contributed by atoms with Gasteiger partial charge in [-0.1, -0.05) is 17.7 Å². The second-order valence-corrected chi connectivity index (χ2v) is 7.90. The van der Waals surface area contributed by atoms with Crippen molar-refractivity contribution < 1.29 is 8.42 Å². The van der Waals surface area contributed by atoms with E-state index in [1.54, 1.807) is 31.6 Å². The van der Waals surface area contributed by atoms with Crippen LogP contribution in [0.2, 0.25) is 5.15 Å². The van der Waals surface area contributed by atoms with Crippen LogP contribution in [0.15, 0.2) is 28.0 Å². The molecule has 0 spiro atoms. The Hall–Kier alpha value is -1.42. The Balaban J connectivity index is 1.98. The van der Waals surface area contributed by atoms with Crippen molar-refractivity contribution in [2.24, 2.45) is 0 Å². The van der Waals surface area contributed by atoms with E-state index in [0.29, 0.717) is 34.0 Å². The number of halogens is 1. The smallest absolute Gasteiger partial charge is 0.252 e. The molecular formula is C12H16ClN5O2S2. The van der Waals surface area contributed by atoms with Crippen LogP contribution >= 0.6 is 22.9 Å². The van der Waals surface area contributed by atoms with Crippen LogP contribution in [0, 0.1) is 0 Å². The predicted octanol–water partition coefficient (Wildman–Crippen LogP) is 1.97. The molecule has 0 aliphatic carbocycles. The van der Waals surface area contributed by atoms with Crippen molar-refractivity contribution >= 4 is 44.5 Å². The highest BCUT2D eigenvalue weighted by atomic mass is 35.5. The molecule has 0 unspecified atom stereocenters. The average Bonchev–Trinajstić information content (AvgIpc) is 3.02. The van der Waals surface area contributed by atoms with Crippen molar-refractivity contribution in [1.82, 2.24) is 14.3 Å². The fraction of sp³-hybridized carbons (Fsp3) is 0.333. The number of aromatic nitrogens is 2. The van der Waals surface area contributed by atoms with E-state index in [9.17, 15) is 8.42 Å². The van der Waals surface area contributed by atoms with E-state index in [4.69, 9.17) is 11.6 Å². The molecule has 2 aromatic heterocycles. The number of nitrogens with zero attached hydrogens (tertiary/aromatic N) is 3. The van der Waals surface area contributed by atoms with Gasteiger partial charge >= 0.3 is 0 Å². The van der Waals surface area contributed by atoms with Crippen LogP contribution in [-0.4, -0.2) is 49.9 Å². The van der Waals surface area contributed by atoms with Gasteiger partial charge in [0.1, 0.15) is 16.2 Å². The lowest BCUT2D eigenvalue weighted by atomic mass is 10.4. The molecule has 0 aliphatic rings. The average molecular weight is 362 g/mol. The highest BCUT2D eigenvalue weighted by molar-refractivity contribution is 7.91. The van der Waals surface area contributed by atoms with Crippen LogP contribution < -0.4 is 10.6 Å². The molecule has 0 amide bonds. The summed E-state index contributed by atoms with van der Waals surface area (Å²) in [6.07, 6.45) is 1.34. The van der Waals surface area contributed by atoms with Crippen molar-refractivity contribution in [3.8, 4) is 0 Å². The van der Waals surface area contributed by atoms with E-state index in [1.807, 2.05) is 0 Å². The molecule has 2 N–H and O–H groups in total. The molecule has 7 nitrogen and oxygen atoms in total. The van der Waals surface area contributed by atoms with Gasteiger partial charge in [0.25, 0.3) is 10.0 Å². The second-order valence-electron chi connectivity index (χ2n) is 4.32. The first-order chi connectivity index (χ1) is 10.5. The molecule has 2 aromatic rings. The zero-order valence-corrected chi connectivity index (χ0v) is 14.5. The third kappa shape index (κ3) is 3.67. The number of anilines is 2. The zero-order valence-electron chi connectivity index (χ0n) is 12.1. The van der Waals surface area contributed by atoms with Gasteiger partial charge in [-0.15, -0.1) is 11.3 Å². The Morgan fingerprint density at radius 3 is 2.82 bits per heavy atom. The molecule has 2 rings (SSSR count).